The monoisotopic (exact) mass is 443 g/mol. The molecule has 0 aliphatic rings. The smallest absolute Gasteiger partial charge is 0.453 e. The molecule has 5 rings (SSSR count). The number of halogens is 3. The predicted octanol–water partition coefficient (Wildman–Crippen LogP) is 4.44. The van der Waals surface area contributed by atoms with E-state index in [0.29, 0.717) is 21.3 Å². The van der Waals surface area contributed by atoms with Crippen LogP contribution < -0.4 is 0 Å². The van der Waals surface area contributed by atoms with Gasteiger partial charge in [-0.3, -0.25) is 4.57 Å². The molecule has 12 heteroatoms. The summed E-state index contributed by atoms with van der Waals surface area (Å²) < 4.78 is 47.4. The number of hydrogen-bond donors (Lipinski definition) is 0. The zero-order valence-corrected chi connectivity index (χ0v) is 16.6. The Labute approximate surface area is 176 Å². The van der Waals surface area contributed by atoms with Gasteiger partial charge in [0, 0.05) is 5.69 Å². The molecule has 0 aliphatic heterocycles. The number of aryl methyl sites for hydroxylation is 1. The van der Waals surface area contributed by atoms with E-state index in [1.807, 2.05) is 37.3 Å². The van der Waals surface area contributed by atoms with Crippen molar-refractivity contribution >= 4 is 17.4 Å². The van der Waals surface area contributed by atoms with Gasteiger partial charge >= 0.3 is 6.18 Å². The Kier molecular flexibility index (Phi) is 4.50. The van der Waals surface area contributed by atoms with E-state index in [2.05, 4.69) is 25.5 Å². The zero-order valence-electron chi connectivity index (χ0n) is 15.8. The molecule has 0 atom stereocenters. The van der Waals surface area contributed by atoms with Gasteiger partial charge in [-0.2, -0.15) is 22.8 Å². The average molecular weight is 443 g/mol. The van der Waals surface area contributed by atoms with E-state index in [1.54, 1.807) is 23.0 Å². The van der Waals surface area contributed by atoms with Gasteiger partial charge in [0.05, 0.1) is 11.8 Å². The quantitative estimate of drug-likeness (QED) is 0.406. The molecule has 0 radical (unpaired) electrons. The Morgan fingerprint density at radius 3 is 2.45 bits per heavy atom. The Morgan fingerprint density at radius 1 is 0.935 bits per heavy atom. The molecule has 8 nitrogen and oxygen atoms in total. The van der Waals surface area contributed by atoms with Crippen LogP contribution in [0.2, 0.25) is 0 Å². The van der Waals surface area contributed by atoms with Crippen LogP contribution in [0.5, 0.6) is 0 Å². The van der Waals surface area contributed by atoms with E-state index in [4.69, 9.17) is 4.42 Å². The largest absolute Gasteiger partial charge is 0.469 e. The highest BCUT2D eigenvalue weighted by atomic mass is 32.2. The lowest BCUT2D eigenvalue weighted by Crippen LogP contribution is -2.12. The highest BCUT2D eigenvalue weighted by Crippen LogP contribution is 2.33. The van der Waals surface area contributed by atoms with Gasteiger partial charge in [0.2, 0.25) is 5.16 Å². The minimum Gasteiger partial charge on any atom is -0.469 e. The Bertz CT molecular complexity index is 1370. The lowest BCUT2D eigenvalue weighted by atomic mass is 10.2. The second-order valence-electron chi connectivity index (χ2n) is 6.43. The van der Waals surface area contributed by atoms with Crippen LogP contribution in [0, 0.1) is 6.92 Å². The number of alkyl halides is 3. The van der Waals surface area contributed by atoms with Gasteiger partial charge < -0.3 is 4.42 Å². The molecular formula is C19H12F3N7OS. The summed E-state index contributed by atoms with van der Waals surface area (Å²) in [5.74, 6) is 0.0190. The summed E-state index contributed by atoms with van der Waals surface area (Å²) in [6, 6.07) is 14.1. The molecule has 0 bridgehead atoms. The maximum Gasteiger partial charge on any atom is 0.453 e. The first kappa shape index (κ1) is 19.3. The van der Waals surface area contributed by atoms with Crippen molar-refractivity contribution in [2.45, 2.75) is 23.3 Å². The minimum absolute atomic E-state index is 0.00379. The standard InChI is InChI=1S/C19H12F3N7OS/c1-11-13(9-10-30-11)16-24-26-18(28(16)12-5-3-2-4-6-12)31-15-8-7-14-23-25-17(19(20,21)22)29(14)27-15/h2-10H,1H3. The molecular weight excluding hydrogens is 431 g/mol. The van der Waals surface area contributed by atoms with Crippen LogP contribution in [-0.2, 0) is 6.18 Å². The molecule has 0 saturated carbocycles. The molecule has 0 saturated heterocycles. The molecule has 0 aliphatic carbocycles. The number of benzene rings is 1. The maximum atomic E-state index is 13.2. The summed E-state index contributed by atoms with van der Waals surface area (Å²) in [5, 5.41) is 20.0. The summed E-state index contributed by atoms with van der Waals surface area (Å²) in [5.41, 5.74) is 1.53. The Hall–Kier alpha value is -3.67. The van der Waals surface area contributed by atoms with E-state index in [1.165, 1.54) is 6.07 Å². The molecule has 4 heterocycles. The summed E-state index contributed by atoms with van der Waals surface area (Å²) >= 11 is 1.07. The van der Waals surface area contributed by atoms with Gasteiger partial charge in [0.25, 0.3) is 5.82 Å². The van der Waals surface area contributed by atoms with Crippen molar-refractivity contribution in [3.05, 3.63) is 66.4 Å². The van der Waals surface area contributed by atoms with Crippen LogP contribution in [-0.4, -0.2) is 34.6 Å². The molecule has 156 valence electrons. The first-order valence-electron chi connectivity index (χ1n) is 8.94. The predicted molar refractivity (Wildman–Crippen MR) is 104 cm³/mol. The Morgan fingerprint density at radius 2 is 1.74 bits per heavy atom. The van der Waals surface area contributed by atoms with Crippen molar-refractivity contribution in [3.8, 4) is 17.1 Å². The van der Waals surface area contributed by atoms with E-state index in [-0.39, 0.29) is 10.7 Å². The third-order valence-corrected chi connectivity index (χ3v) is 5.31. The number of rotatable bonds is 4. The van der Waals surface area contributed by atoms with Gasteiger partial charge in [-0.15, -0.1) is 20.4 Å². The fourth-order valence-electron chi connectivity index (χ4n) is 3.03. The maximum absolute atomic E-state index is 13.2. The number of aromatic nitrogens is 7. The van der Waals surface area contributed by atoms with Gasteiger partial charge in [0.1, 0.15) is 10.8 Å². The fraction of sp³-hybridized carbons (Fsp3) is 0.105. The van der Waals surface area contributed by atoms with Crippen molar-refractivity contribution < 1.29 is 17.6 Å². The van der Waals surface area contributed by atoms with Crippen molar-refractivity contribution in [3.63, 3.8) is 0 Å². The minimum atomic E-state index is -4.67. The summed E-state index contributed by atoms with van der Waals surface area (Å²) in [7, 11) is 0. The van der Waals surface area contributed by atoms with Gasteiger partial charge in [-0.1, -0.05) is 18.2 Å². The van der Waals surface area contributed by atoms with Crippen molar-refractivity contribution in [1.29, 1.82) is 0 Å². The first-order valence-corrected chi connectivity index (χ1v) is 9.76. The molecule has 1 aromatic carbocycles. The topological polar surface area (TPSA) is 86.9 Å². The average Bonchev–Trinajstić information content (AvgIpc) is 3.46. The fourth-order valence-corrected chi connectivity index (χ4v) is 3.84. The zero-order chi connectivity index (χ0) is 21.6. The highest BCUT2D eigenvalue weighted by Gasteiger charge is 2.37. The molecule has 0 unspecified atom stereocenters. The van der Waals surface area contributed by atoms with E-state index < -0.39 is 12.0 Å². The third-order valence-electron chi connectivity index (χ3n) is 4.44. The molecule has 0 fully saturated rings. The van der Waals surface area contributed by atoms with E-state index >= 15 is 0 Å². The summed E-state index contributed by atoms with van der Waals surface area (Å²) in [6.45, 7) is 1.81. The number of para-hydroxylation sites is 1. The number of nitrogens with zero attached hydrogens (tertiary/aromatic N) is 7. The number of hydrogen-bond acceptors (Lipinski definition) is 7. The molecule has 0 N–H and O–H groups in total. The van der Waals surface area contributed by atoms with Gasteiger partial charge in [-0.05, 0) is 49.0 Å². The van der Waals surface area contributed by atoms with Gasteiger partial charge in [0.15, 0.2) is 11.5 Å². The number of fused-ring (bicyclic) bond motifs is 1. The second kappa shape index (κ2) is 7.23. The summed E-state index contributed by atoms with van der Waals surface area (Å²) in [4.78, 5) is 0. The van der Waals surface area contributed by atoms with Crippen molar-refractivity contribution in [1.82, 2.24) is 34.6 Å². The molecule has 31 heavy (non-hydrogen) atoms. The van der Waals surface area contributed by atoms with Crippen LogP contribution in [0.3, 0.4) is 0 Å². The van der Waals surface area contributed by atoms with Crippen molar-refractivity contribution in [2.24, 2.45) is 0 Å². The van der Waals surface area contributed by atoms with Crippen molar-refractivity contribution in [2.75, 3.05) is 0 Å². The lowest BCUT2D eigenvalue weighted by Gasteiger charge is -2.10. The summed E-state index contributed by atoms with van der Waals surface area (Å²) in [6.07, 6.45) is -3.12. The van der Waals surface area contributed by atoms with Crippen LogP contribution >= 0.6 is 11.8 Å². The normalized spacial score (nSPS) is 12.0. The second-order valence-corrected chi connectivity index (χ2v) is 7.42. The van der Waals surface area contributed by atoms with Crippen LogP contribution in [0.4, 0.5) is 13.2 Å². The lowest BCUT2D eigenvalue weighted by molar-refractivity contribution is -0.146. The van der Waals surface area contributed by atoms with Gasteiger partial charge in [-0.25, -0.2) is 0 Å². The third kappa shape index (κ3) is 3.44. The first-order chi connectivity index (χ1) is 14.9. The van der Waals surface area contributed by atoms with Crippen LogP contribution in [0.1, 0.15) is 11.6 Å². The molecule has 0 spiro atoms. The number of furan rings is 1. The Balaban J connectivity index is 1.62. The van der Waals surface area contributed by atoms with Crippen LogP contribution in [0.15, 0.2) is 69.4 Å². The highest BCUT2D eigenvalue weighted by molar-refractivity contribution is 7.99. The van der Waals surface area contributed by atoms with E-state index in [9.17, 15) is 13.2 Å². The van der Waals surface area contributed by atoms with E-state index in [0.717, 1.165) is 23.0 Å². The molecule has 0 amide bonds. The SMILES string of the molecule is Cc1occc1-c1nnc(Sc2ccc3nnc(C(F)(F)F)n3n2)n1-c1ccccc1. The molecule has 4 aromatic heterocycles. The van der Waals surface area contributed by atoms with Crippen LogP contribution in [0.25, 0.3) is 22.7 Å². The molecule has 5 aromatic rings.